The Morgan fingerprint density at radius 1 is 1.44 bits per heavy atom. The number of anilines is 2. The number of nitrogens with one attached hydrogen (secondary N) is 2. The van der Waals surface area contributed by atoms with Crippen molar-refractivity contribution in [2.75, 3.05) is 23.8 Å². The lowest BCUT2D eigenvalue weighted by Crippen LogP contribution is -2.20. The van der Waals surface area contributed by atoms with E-state index in [9.17, 15) is 4.79 Å². The van der Waals surface area contributed by atoms with Crippen LogP contribution in [0, 0.1) is 0 Å². The highest BCUT2D eigenvalue weighted by Crippen LogP contribution is 2.18. The molecule has 5 nitrogen and oxygen atoms in total. The number of hydrogen-bond acceptors (Lipinski definition) is 3. The second kappa shape index (κ2) is 4.85. The molecule has 5 heteroatoms. The molecule has 1 aromatic carbocycles. The standard InChI is InChI=1S/C11H15N3O2/c12-11(15)14-9-3-1-2-8(6-9)13-10-4-5-16-7-10/h1-3,6,10,13H,4-5,7H2,(H3,12,14,15). The first-order valence-corrected chi connectivity index (χ1v) is 5.25. The smallest absolute Gasteiger partial charge is 0.316 e. The first kappa shape index (κ1) is 10.8. The number of amides is 2. The molecule has 0 aromatic heterocycles. The second-order valence-corrected chi connectivity index (χ2v) is 3.77. The Morgan fingerprint density at radius 2 is 2.25 bits per heavy atom. The lowest BCUT2D eigenvalue weighted by atomic mass is 10.2. The van der Waals surface area contributed by atoms with Gasteiger partial charge in [0, 0.05) is 18.0 Å². The van der Waals surface area contributed by atoms with Crippen LogP contribution >= 0.6 is 0 Å². The maximum atomic E-state index is 10.7. The summed E-state index contributed by atoms with van der Waals surface area (Å²) in [7, 11) is 0. The van der Waals surface area contributed by atoms with E-state index in [1.165, 1.54) is 0 Å². The fourth-order valence-electron chi connectivity index (χ4n) is 1.71. The van der Waals surface area contributed by atoms with Gasteiger partial charge in [0.1, 0.15) is 0 Å². The molecule has 1 fully saturated rings. The topological polar surface area (TPSA) is 76.4 Å². The van der Waals surface area contributed by atoms with Crippen molar-refractivity contribution in [2.24, 2.45) is 5.73 Å². The first-order chi connectivity index (χ1) is 7.74. The molecule has 86 valence electrons. The third kappa shape index (κ3) is 2.87. The number of benzene rings is 1. The van der Waals surface area contributed by atoms with Crippen LogP contribution in [0.3, 0.4) is 0 Å². The monoisotopic (exact) mass is 221 g/mol. The van der Waals surface area contributed by atoms with Crippen molar-refractivity contribution in [3.8, 4) is 0 Å². The van der Waals surface area contributed by atoms with Gasteiger partial charge in [-0.3, -0.25) is 0 Å². The van der Waals surface area contributed by atoms with E-state index < -0.39 is 6.03 Å². The molecule has 0 radical (unpaired) electrons. The van der Waals surface area contributed by atoms with Crippen LogP contribution < -0.4 is 16.4 Å². The summed E-state index contributed by atoms with van der Waals surface area (Å²) < 4.78 is 5.27. The van der Waals surface area contributed by atoms with Crippen molar-refractivity contribution >= 4 is 17.4 Å². The second-order valence-electron chi connectivity index (χ2n) is 3.77. The van der Waals surface area contributed by atoms with Crippen LogP contribution in [-0.4, -0.2) is 25.3 Å². The maximum absolute atomic E-state index is 10.7. The zero-order chi connectivity index (χ0) is 11.4. The Bertz CT molecular complexity index is 375. The summed E-state index contributed by atoms with van der Waals surface area (Å²) in [6.07, 6.45) is 1.01. The third-order valence-corrected chi connectivity index (χ3v) is 2.43. The Kier molecular flexibility index (Phi) is 3.26. The molecule has 1 aliphatic rings. The van der Waals surface area contributed by atoms with Gasteiger partial charge in [-0.1, -0.05) is 6.07 Å². The minimum Gasteiger partial charge on any atom is -0.380 e. The van der Waals surface area contributed by atoms with Gasteiger partial charge in [0.15, 0.2) is 0 Å². The maximum Gasteiger partial charge on any atom is 0.316 e. The van der Waals surface area contributed by atoms with Crippen LogP contribution in [0.2, 0.25) is 0 Å². The first-order valence-electron chi connectivity index (χ1n) is 5.25. The van der Waals surface area contributed by atoms with Gasteiger partial charge >= 0.3 is 6.03 Å². The SMILES string of the molecule is NC(=O)Nc1cccc(NC2CCOC2)c1. The van der Waals surface area contributed by atoms with Gasteiger partial charge < -0.3 is 21.1 Å². The molecular formula is C11H15N3O2. The normalized spacial score (nSPS) is 19.4. The third-order valence-electron chi connectivity index (χ3n) is 2.43. The molecular weight excluding hydrogens is 206 g/mol. The van der Waals surface area contributed by atoms with E-state index in [-0.39, 0.29) is 0 Å². The van der Waals surface area contributed by atoms with E-state index in [0.29, 0.717) is 11.7 Å². The van der Waals surface area contributed by atoms with Gasteiger partial charge in [0.2, 0.25) is 0 Å². The van der Waals surface area contributed by atoms with Crippen LogP contribution in [0.25, 0.3) is 0 Å². The van der Waals surface area contributed by atoms with E-state index in [0.717, 1.165) is 25.3 Å². The fourth-order valence-corrected chi connectivity index (χ4v) is 1.71. The van der Waals surface area contributed by atoms with Crippen molar-refractivity contribution in [1.82, 2.24) is 0 Å². The van der Waals surface area contributed by atoms with Crippen LogP contribution in [0.15, 0.2) is 24.3 Å². The van der Waals surface area contributed by atoms with Crippen molar-refractivity contribution < 1.29 is 9.53 Å². The predicted octanol–water partition coefficient (Wildman–Crippen LogP) is 1.38. The van der Waals surface area contributed by atoms with Crippen LogP contribution in [0.5, 0.6) is 0 Å². The molecule has 0 saturated carbocycles. The molecule has 2 amide bonds. The summed E-state index contributed by atoms with van der Waals surface area (Å²) >= 11 is 0. The number of carbonyl (C=O) groups excluding carboxylic acids is 1. The summed E-state index contributed by atoms with van der Waals surface area (Å²) in [6, 6.07) is 7.25. The van der Waals surface area contributed by atoms with E-state index in [1.54, 1.807) is 6.07 Å². The Labute approximate surface area is 94.0 Å². The molecule has 1 saturated heterocycles. The van der Waals surface area contributed by atoms with E-state index >= 15 is 0 Å². The number of primary amides is 1. The summed E-state index contributed by atoms with van der Waals surface area (Å²) in [5.41, 5.74) is 6.70. The summed E-state index contributed by atoms with van der Waals surface area (Å²) in [6.45, 7) is 1.53. The number of nitrogens with two attached hydrogens (primary N) is 1. The molecule has 0 bridgehead atoms. The Morgan fingerprint density at radius 3 is 2.94 bits per heavy atom. The summed E-state index contributed by atoms with van der Waals surface area (Å²) in [5, 5.41) is 5.88. The van der Waals surface area contributed by atoms with Crippen LogP contribution in [-0.2, 0) is 4.74 Å². The van der Waals surface area contributed by atoms with Gasteiger partial charge in [-0.15, -0.1) is 0 Å². The molecule has 16 heavy (non-hydrogen) atoms. The minimum atomic E-state index is -0.554. The largest absolute Gasteiger partial charge is 0.380 e. The predicted molar refractivity (Wildman–Crippen MR) is 62.5 cm³/mol. The van der Waals surface area contributed by atoms with Gasteiger partial charge in [-0.2, -0.15) is 0 Å². The minimum absolute atomic E-state index is 0.351. The zero-order valence-electron chi connectivity index (χ0n) is 8.90. The van der Waals surface area contributed by atoms with Crippen LogP contribution in [0.4, 0.5) is 16.2 Å². The molecule has 1 aliphatic heterocycles. The highest BCUT2D eigenvalue weighted by atomic mass is 16.5. The average molecular weight is 221 g/mol. The van der Waals surface area contributed by atoms with Crippen molar-refractivity contribution in [1.29, 1.82) is 0 Å². The molecule has 1 heterocycles. The molecule has 2 rings (SSSR count). The zero-order valence-corrected chi connectivity index (χ0v) is 8.90. The van der Waals surface area contributed by atoms with Crippen molar-refractivity contribution in [3.05, 3.63) is 24.3 Å². The molecule has 1 unspecified atom stereocenters. The average Bonchev–Trinajstić information content (AvgIpc) is 2.70. The fraction of sp³-hybridized carbons (Fsp3) is 0.364. The summed E-state index contributed by atoms with van der Waals surface area (Å²) in [5.74, 6) is 0. The highest BCUT2D eigenvalue weighted by molar-refractivity contribution is 5.88. The van der Waals surface area contributed by atoms with Gasteiger partial charge in [-0.05, 0) is 24.6 Å². The molecule has 4 N–H and O–H groups in total. The van der Waals surface area contributed by atoms with Gasteiger partial charge in [0.25, 0.3) is 0 Å². The lowest BCUT2D eigenvalue weighted by Gasteiger charge is -2.13. The van der Waals surface area contributed by atoms with Gasteiger partial charge in [0.05, 0.1) is 12.6 Å². The number of rotatable bonds is 3. The molecule has 1 atom stereocenters. The highest BCUT2D eigenvalue weighted by Gasteiger charge is 2.14. The number of hydrogen-bond donors (Lipinski definition) is 3. The molecule has 0 spiro atoms. The number of ether oxygens (including phenoxy) is 1. The van der Waals surface area contributed by atoms with E-state index in [4.69, 9.17) is 10.5 Å². The number of urea groups is 1. The van der Waals surface area contributed by atoms with E-state index in [2.05, 4.69) is 10.6 Å². The Balaban J connectivity index is 2.00. The lowest BCUT2D eigenvalue weighted by molar-refractivity contribution is 0.195. The Hall–Kier alpha value is -1.75. The molecule has 1 aromatic rings. The number of carbonyl (C=O) groups is 1. The van der Waals surface area contributed by atoms with Crippen molar-refractivity contribution in [3.63, 3.8) is 0 Å². The van der Waals surface area contributed by atoms with Crippen LogP contribution in [0.1, 0.15) is 6.42 Å². The van der Waals surface area contributed by atoms with Crippen molar-refractivity contribution in [2.45, 2.75) is 12.5 Å². The summed E-state index contributed by atoms with van der Waals surface area (Å²) in [4.78, 5) is 10.7. The molecule has 0 aliphatic carbocycles. The van der Waals surface area contributed by atoms with Gasteiger partial charge in [-0.25, -0.2) is 4.79 Å². The van der Waals surface area contributed by atoms with E-state index in [1.807, 2.05) is 18.2 Å². The quantitative estimate of drug-likeness (QED) is 0.721.